The van der Waals surface area contributed by atoms with Gasteiger partial charge in [-0.3, -0.25) is 38.4 Å². The van der Waals surface area contributed by atoms with E-state index in [-0.39, 0.29) is 18.4 Å². The third-order valence-corrected chi connectivity index (χ3v) is 13.5. The van der Waals surface area contributed by atoms with Gasteiger partial charge in [0.2, 0.25) is 35.4 Å². The Balaban J connectivity index is 1.41. The number of likely N-dealkylation sites (N-methyl/N-ethyl adjacent to an activating group) is 4. The van der Waals surface area contributed by atoms with Crippen LogP contribution < -0.4 is 21.3 Å². The summed E-state index contributed by atoms with van der Waals surface area (Å²) in [6.07, 6.45) is 2.40. The molecule has 2 aromatic carbocycles. The molecule has 6 N–H and O–H groups in total. The maximum Gasteiger partial charge on any atom is 0.333 e. The molecular formula is C54H64N10O14. The number of carbonyl (C=O) groups excluding carboxylic acids is 10. The number of hydrogen-bond acceptors (Lipinski definition) is 16. The second-order valence-electron chi connectivity index (χ2n) is 19.6. The van der Waals surface area contributed by atoms with E-state index in [4.69, 9.17) is 9.47 Å². The van der Waals surface area contributed by atoms with Crippen molar-refractivity contribution < 1.29 is 67.6 Å². The van der Waals surface area contributed by atoms with Crippen molar-refractivity contribution in [2.75, 3.05) is 41.4 Å². The Hall–Kier alpha value is -8.96. The van der Waals surface area contributed by atoms with Crippen LogP contribution in [0.2, 0.25) is 0 Å². The third kappa shape index (κ3) is 13.0. The van der Waals surface area contributed by atoms with E-state index < -0.39 is 150 Å². The lowest BCUT2D eigenvalue weighted by atomic mass is 10.0. The maximum absolute atomic E-state index is 14.8. The second-order valence-corrected chi connectivity index (χ2v) is 19.6. The normalized spacial score (nSPS) is 24.5. The first kappa shape index (κ1) is 58.3. The van der Waals surface area contributed by atoms with Gasteiger partial charge >= 0.3 is 11.9 Å². The number of esters is 2. The molecule has 6 rings (SSSR count). The highest BCUT2D eigenvalue weighted by molar-refractivity contribution is 6.03. The van der Waals surface area contributed by atoms with E-state index in [9.17, 15) is 58.2 Å². The molecule has 0 spiro atoms. The SMILES string of the molecule is C=C(C)[C@H]1C(=O)OC[C@@H](NC(=O)c2nc3ccccc3cc2O)C(=O)N[C@@H](C)C(=O)N(C)[C@H]2C/C=C\C[C@@H](C(=O)N1C)N(C)C(=O)[C@H](C)NC(=O)[C@H](NC(=O)c1nc3ccccc3cc1O)COC(=O)[C@H](C(C)C)N(C)C2=O. The molecule has 0 radical (unpaired) electrons. The zero-order chi connectivity index (χ0) is 57.4. The van der Waals surface area contributed by atoms with Crippen LogP contribution in [0.15, 0.2) is 85.0 Å². The molecule has 8 atom stereocenters. The third-order valence-electron chi connectivity index (χ3n) is 13.5. The molecular weight excluding hydrogens is 1010 g/mol. The number of hydrogen-bond donors (Lipinski definition) is 6. The van der Waals surface area contributed by atoms with Crippen LogP contribution >= 0.6 is 0 Å². The second kappa shape index (κ2) is 24.8. The summed E-state index contributed by atoms with van der Waals surface area (Å²) >= 11 is 0. The van der Waals surface area contributed by atoms with Gasteiger partial charge in [0, 0.05) is 39.0 Å². The summed E-state index contributed by atoms with van der Waals surface area (Å²) in [6, 6.07) is 3.44. The van der Waals surface area contributed by atoms with Crippen LogP contribution in [-0.2, 0) is 47.8 Å². The number of pyridine rings is 2. The number of carbonyl (C=O) groups is 10. The smallest absolute Gasteiger partial charge is 0.333 e. The number of amides is 8. The fourth-order valence-corrected chi connectivity index (χ4v) is 9.13. The molecule has 0 saturated heterocycles. The molecule has 2 aliphatic rings. The zero-order valence-corrected chi connectivity index (χ0v) is 44.6. The molecule has 8 amide bonds. The van der Waals surface area contributed by atoms with Crippen molar-refractivity contribution in [1.29, 1.82) is 0 Å². The molecule has 24 nitrogen and oxygen atoms in total. The van der Waals surface area contributed by atoms with Gasteiger partial charge in [0.25, 0.3) is 11.8 Å². The molecule has 2 aromatic heterocycles. The van der Waals surface area contributed by atoms with Crippen molar-refractivity contribution in [3.05, 3.63) is 96.4 Å². The Morgan fingerprint density at radius 2 is 1.03 bits per heavy atom. The van der Waals surface area contributed by atoms with Gasteiger partial charge in [-0.2, -0.15) is 0 Å². The Morgan fingerprint density at radius 3 is 1.44 bits per heavy atom. The van der Waals surface area contributed by atoms with Gasteiger partial charge in [-0.25, -0.2) is 19.6 Å². The monoisotopic (exact) mass is 1080 g/mol. The minimum Gasteiger partial charge on any atom is -0.505 e. The number of nitrogens with one attached hydrogen (secondary N) is 4. The highest BCUT2D eigenvalue weighted by Crippen LogP contribution is 2.25. The maximum atomic E-state index is 14.8. The van der Waals surface area contributed by atoms with Crippen LogP contribution in [0.3, 0.4) is 0 Å². The minimum atomic E-state index is -1.79. The molecule has 0 fully saturated rings. The van der Waals surface area contributed by atoms with Gasteiger partial charge in [-0.05, 0) is 69.4 Å². The van der Waals surface area contributed by atoms with E-state index in [0.29, 0.717) is 21.8 Å². The number of fused-ring (bicyclic) bond motifs is 6. The average molecular weight is 1080 g/mol. The van der Waals surface area contributed by atoms with Crippen molar-refractivity contribution >= 4 is 81.0 Å². The van der Waals surface area contributed by atoms with Crippen LogP contribution in [0.25, 0.3) is 21.8 Å². The Kier molecular flexibility index (Phi) is 18.5. The van der Waals surface area contributed by atoms with Crippen LogP contribution in [0.1, 0.15) is 68.4 Å². The topological polar surface area (TPSA) is 316 Å². The van der Waals surface area contributed by atoms with Crippen molar-refractivity contribution in [1.82, 2.24) is 50.8 Å². The van der Waals surface area contributed by atoms with Gasteiger partial charge in [-0.1, -0.05) is 69.0 Å². The zero-order valence-electron chi connectivity index (χ0n) is 44.6. The van der Waals surface area contributed by atoms with Gasteiger partial charge in [0.15, 0.2) is 17.4 Å². The van der Waals surface area contributed by atoms with Crippen LogP contribution in [0.4, 0.5) is 0 Å². The highest BCUT2D eigenvalue weighted by atomic mass is 16.5. The molecule has 2 bridgehead atoms. The van der Waals surface area contributed by atoms with E-state index in [1.54, 1.807) is 62.4 Å². The summed E-state index contributed by atoms with van der Waals surface area (Å²) in [5, 5.41) is 32.5. The van der Waals surface area contributed by atoms with Crippen molar-refractivity contribution in [3.8, 4) is 11.5 Å². The van der Waals surface area contributed by atoms with Gasteiger partial charge in [0.1, 0.15) is 67.0 Å². The Bertz CT molecular complexity index is 3090. The number of para-hydroxylation sites is 2. The van der Waals surface area contributed by atoms with Crippen molar-refractivity contribution in [3.63, 3.8) is 0 Å². The van der Waals surface area contributed by atoms with E-state index >= 15 is 0 Å². The minimum absolute atomic E-state index is 0.0688. The first-order valence-corrected chi connectivity index (χ1v) is 24.9. The van der Waals surface area contributed by atoms with Gasteiger partial charge in [-0.15, -0.1) is 0 Å². The lowest BCUT2D eigenvalue weighted by Gasteiger charge is -2.37. The number of ether oxygens (including phenoxy) is 2. The number of aromatic nitrogens is 2. The van der Waals surface area contributed by atoms with Crippen LogP contribution in [-0.4, -0.2) is 189 Å². The summed E-state index contributed by atoms with van der Waals surface area (Å²) in [6.45, 7) is 9.34. The molecule has 2 aliphatic heterocycles. The molecule has 0 aliphatic carbocycles. The number of benzene rings is 2. The number of nitrogens with zero attached hydrogens (tertiary/aromatic N) is 6. The van der Waals surface area contributed by atoms with E-state index in [0.717, 1.165) is 19.6 Å². The summed E-state index contributed by atoms with van der Waals surface area (Å²) in [5.41, 5.74) is -0.256. The lowest BCUT2D eigenvalue weighted by molar-refractivity contribution is -0.160. The molecule has 0 unspecified atom stereocenters. The molecule has 0 saturated carbocycles. The Morgan fingerprint density at radius 1 is 0.628 bits per heavy atom. The quantitative estimate of drug-likeness (QED) is 0.116. The fourth-order valence-electron chi connectivity index (χ4n) is 9.13. The summed E-state index contributed by atoms with van der Waals surface area (Å²) in [7, 11) is 5.08. The number of aromatic hydroxyl groups is 2. The summed E-state index contributed by atoms with van der Waals surface area (Å²) in [4.78, 5) is 155. The first-order valence-electron chi connectivity index (χ1n) is 24.9. The Labute approximate surface area is 449 Å². The molecule has 78 heavy (non-hydrogen) atoms. The number of cyclic esters (lactones) is 2. The average Bonchev–Trinajstić information content (AvgIpc) is 3.39. The standard InChI is InChI=1S/C54H64N10O14/c1-27(2)43-53(75)77-25-35(59-47(69)41-39(65)23-31-17-11-13-19-33(31)57-41)45(67)55-30(6)50(72)62(8)38-22-16-15-21-37(51(73)63(43)9)61(7)49(71)29(5)56-46(68)36(26-78-54(76)44(28(3)4)64(10)52(38)74)60-48(70)42-40(66)24-32-18-12-14-20-34(32)58-42/h11-20,23-24,28-30,35-38,43-44,65-66H,1,21-22,25-26H2,2-10H3,(H,55,67)(H,56,68)(H,59,69)(H,60,70)/b16-15-/t29-,30-,35+,36+,37-,38-,43-,44-/m0/s1. The summed E-state index contributed by atoms with van der Waals surface area (Å²) < 4.78 is 11.3. The highest BCUT2D eigenvalue weighted by Gasteiger charge is 2.42. The van der Waals surface area contributed by atoms with Crippen molar-refractivity contribution in [2.24, 2.45) is 5.92 Å². The number of rotatable bonds is 6. The predicted octanol–water partition coefficient (Wildman–Crippen LogP) is 1.09. The van der Waals surface area contributed by atoms with Gasteiger partial charge < -0.3 is 60.6 Å². The largest absolute Gasteiger partial charge is 0.505 e. The molecule has 4 heterocycles. The molecule has 24 heteroatoms. The van der Waals surface area contributed by atoms with Crippen LogP contribution in [0.5, 0.6) is 11.5 Å². The lowest BCUT2D eigenvalue weighted by Crippen LogP contribution is -2.60. The van der Waals surface area contributed by atoms with E-state index in [1.807, 2.05) is 0 Å². The van der Waals surface area contributed by atoms with Gasteiger partial charge in [0.05, 0.1) is 11.0 Å². The van der Waals surface area contributed by atoms with Crippen LogP contribution in [0, 0.1) is 5.92 Å². The van der Waals surface area contributed by atoms with E-state index in [1.165, 1.54) is 73.2 Å². The molecule has 414 valence electrons. The fraction of sp³-hybridized carbons (Fsp3) is 0.407. The van der Waals surface area contributed by atoms with E-state index in [2.05, 4.69) is 37.8 Å². The first-order chi connectivity index (χ1) is 36.8. The summed E-state index contributed by atoms with van der Waals surface area (Å²) in [5.74, 6) is -11.5. The predicted molar refractivity (Wildman–Crippen MR) is 281 cm³/mol. The van der Waals surface area contributed by atoms with Crippen molar-refractivity contribution in [2.45, 2.75) is 95.8 Å². The molecule has 4 aromatic rings.